The maximum absolute atomic E-state index is 12.2. The Hall–Kier alpha value is -3.41. The van der Waals surface area contributed by atoms with Crippen molar-refractivity contribution in [1.82, 2.24) is 19.8 Å². The number of imide groups is 1. The standard InChI is InChI=1S/C16H18N6O5S/c1-21-9-14(18-10-21)28(26,27)20-12-4-2-11(3-5-12)19-13(23)6-7-22-15(24)8-17-16(22)25/h2-5,9-10,20H,6-8H2,1H3,(H,17,25)(H,19,23). The number of urea groups is 1. The summed E-state index contributed by atoms with van der Waals surface area (Å²) in [6.45, 7) is -0.0746. The Balaban J connectivity index is 1.55. The zero-order valence-corrected chi connectivity index (χ0v) is 15.7. The lowest BCUT2D eigenvalue weighted by Crippen LogP contribution is -2.33. The highest BCUT2D eigenvalue weighted by Crippen LogP contribution is 2.17. The third-order valence-corrected chi connectivity index (χ3v) is 5.14. The van der Waals surface area contributed by atoms with Crippen LogP contribution < -0.4 is 15.4 Å². The monoisotopic (exact) mass is 406 g/mol. The molecule has 3 rings (SSSR count). The SMILES string of the molecule is Cn1cnc(S(=O)(=O)Nc2ccc(NC(=O)CCN3C(=O)CNC3=O)cc2)c1. The summed E-state index contributed by atoms with van der Waals surface area (Å²) in [7, 11) is -2.14. The molecule has 0 atom stereocenters. The van der Waals surface area contributed by atoms with Gasteiger partial charge in [-0.2, -0.15) is 8.42 Å². The molecule has 0 unspecified atom stereocenters. The van der Waals surface area contributed by atoms with E-state index in [9.17, 15) is 22.8 Å². The minimum Gasteiger partial charge on any atom is -0.339 e. The average Bonchev–Trinajstić information content (AvgIpc) is 3.21. The second kappa shape index (κ2) is 7.68. The summed E-state index contributed by atoms with van der Waals surface area (Å²) in [4.78, 5) is 39.6. The molecule has 2 heterocycles. The van der Waals surface area contributed by atoms with Crippen LogP contribution in [0.5, 0.6) is 0 Å². The zero-order chi connectivity index (χ0) is 20.3. The molecule has 1 saturated heterocycles. The minimum absolute atomic E-state index is 0.0154. The molecule has 1 fully saturated rings. The number of hydrogen-bond donors (Lipinski definition) is 3. The van der Waals surface area contributed by atoms with Gasteiger partial charge in [0.2, 0.25) is 11.8 Å². The number of sulfonamides is 1. The van der Waals surface area contributed by atoms with Gasteiger partial charge in [-0.05, 0) is 24.3 Å². The summed E-state index contributed by atoms with van der Waals surface area (Å²) in [5, 5.41) is 4.89. The lowest BCUT2D eigenvalue weighted by Gasteiger charge is -2.12. The van der Waals surface area contributed by atoms with Gasteiger partial charge >= 0.3 is 6.03 Å². The van der Waals surface area contributed by atoms with Gasteiger partial charge in [0.05, 0.1) is 12.9 Å². The van der Waals surface area contributed by atoms with Crippen LogP contribution >= 0.6 is 0 Å². The number of nitrogens with one attached hydrogen (secondary N) is 3. The summed E-state index contributed by atoms with van der Waals surface area (Å²) >= 11 is 0. The Morgan fingerprint density at radius 1 is 1.21 bits per heavy atom. The lowest BCUT2D eigenvalue weighted by molar-refractivity contribution is -0.125. The van der Waals surface area contributed by atoms with Crippen LogP contribution in [0.4, 0.5) is 16.2 Å². The van der Waals surface area contributed by atoms with Crippen LogP contribution in [0.1, 0.15) is 6.42 Å². The topological polar surface area (TPSA) is 142 Å². The average molecular weight is 406 g/mol. The number of hydrogen-bond acceptors (Lipinski definition) is 6. The van der Waals surface area contributed by atoms with Gasteiger partial charge in [-0.15, -0.1) is 0 Å². The number of carbonyl (C=O) groups is 3. The van der Waals surface area contributed by atoms with Crippen LogP contribution in [0.15, 0.2) is 41.8 Å². The Morgan fingerprint density at radius 3 is 2.46 bits per heavy atom. The molecule has 2 aromatic rings. The van der Waals surface area contributed by atoms with E-state index < -0.39 is 16.1 Å². The molecule has 1 aromatic heterocycles. The number of benzene rings is 1. The second-order valence-corrected chi connectivity index (χ2v) is 7.69. The van der Waals surface area contributed by atoms with Crippen molar-refractivity contribution in [2.75, 3.05) is 23.1 Å². The third kappa shape index (κ3) is 4.46. The molecular weight excluding hydrogens is 388 g/mol. The number of aromatic nitrogens is 2. The van der Waals surface area contributed by atoms with Crippen molar-refractivity contribution in [3.63, 3.8) is 0 Å². The van der Waals surface area contributed by atoms with E-state index in [-0.39, 0.29) is 36.4 Å². The number of nitrogens with zero attached hydrogens (tertiary/aromatic N) is 3. The first kappa shape index (κ1) is 19.4. The van der Waals surface area contributed by atoms with Crippen molar-refractivity contribution in [3.8, 4) is 0 Å². The zero-order valence-electron chi connectivity index (χ0n) is 14.9. The van der Waals surface area contributed by atoms with Crippen LogP contribution in [0, 0.1) is 0 Å². The Bertz CT molecular complexity index is 998. The van der Waals surface area contributed by atoms with Crippen molar-refractivity contribution in [2.24, 2.45) is 7.05 Å². The third-order valence-electron chi connectivity index (χ3n) is 3.88. The highest BCUT2D eigenvalue weighted by atomic mass is 32.2. The molecule has 4 amide bonds. The fourth-order valence-electron chi connectivity index (χ4n) is 2.48. The predicted octanol–water partition coefficient (Wildman–Crippen LogP) is 0.101. The van der Waals surface area contributed by atoms with Crippen LogP contribution in [-0.4, -0.2) is 53.8 Å². The van der Waals surface area contributed by atoms with Gasteiger partial charge < -0.3 is 15.2 Å². The van der Waals surface area contributed by atoms with E-state index in [4.69, 9.17) is 0 Å². The first-order valence-electron chi connectivity index (χ1n) is 8.23. The maximum Gasteiger partial charge on any atom is 0.324 e. The number of amides is 4. The number of imidazole rings is 1. The molecule has 28 heavy (non-hydrogen) atoms. The predicted molar refractivity (Wildman–Crippen MR) is 98.8 cm³/mol. The molecule has 0 radical (unpaired) electrons. The van der Waals surface area contributed by atoms with Gasteiger partial charge in [-0.25, -0.2) is 9.78 Å². The fourth-order valence-corrected chi connectivity index (χ4v) is 3.52. The molecule has 3 N–H and O–H groups in total. The number of aryl methyl sites for hydroxylation is 1. The normalized spacial score (nSPS) is 14.1. The van der Waals surface area contributed by atoms with Crippen LogP contribution in [0.2, 0.25) is 0 Å². The smallest absolute Gasteiger partial charge is 0.324 e. The molecule has 1 aromatic carbocycles. The molecule has 0 saturated carbocycles. The highest BCUT2D eigenvalue weighted by molar-refractivity contribution is 7.92. The second-order valence-electron chi connectivity index (χ2n) is 6.06. The molecule has 11 nitrogen and oxygen atoms in total. The summed E-state index contributed by atoms with van der Waals surface area (Å²) in [5.41, 5.74) is 0.756. The van der Waals surface area contributed by atoms with E-state index in [1.165, 1.54) is 41.4 Å². The summed E-state index contributed by atoms with van der Waals surface area (Å²) in [5.74, 6) is -0.753. The van der Waals surface area contributed by atoms with E-state index in [1.54, 1.807) is 7.05 Å². The van der Waals surface area contributed by atoms with E-state index >= 15 is 0 Å². The maximum atomic E-state index is 12.2. The summed E-state index contributed by atoms with van der Waals surface area (Å²) < 4.78 is 28.4. The molecule has 12 heteroatoms. The first-order chi connectivity index (χ1) is 13.2. The van der Waals surface area contributed by atoms with Crippen LogP contribution in [0.3, 0.4) is 0 Å². The Kier molecular flexibility index (Phi) is 5.31. The minimum atomic E-state index is -3.80. The highest BCUT2D eigenvalue weighted by Gasteiger charge is 2.28. The van der Waals surface area contributed by atoms with Gasteiger partial charge in [0, 0.05) is 37.6 Å². The molecule has 0 spiro atoms. The van der Waals surface area contributed by atoms with Crippen molar-refractivity contribution in [2.45, 2.75) is 11.4 Å². The number of anilines is 2. The van der Waals surface area contributed by atoms with Crippen LogP contribution in [0.25, 0.3) is 0 Å². The molecule has 148 valence electrons. The van der Waals surface area contributed by atoms with Gasteiger partial charge in [0.15, 0.2) is 5.03 Å². The summed E-state index contributed by atoms with van der Waals surface area (Å²) in [6.07, 6.45) is 2.71. The first-order valence-corrected chi connectivity index (χ1v) is 9.72. The van der Waals surface area contributed by atoms with Gasteiger partial charge in [-0.3, -0.25) is 19.2 Å². The molecule has 0 aliphatic carbocycles. The number of rotatable bonds is 7. The van der Waals surface area contributed by atoms with E-state index in [2.05, 4.69) is 20.3 Å². The Morgan fingerprint density at radius 2 is 1.89 bits per heavy atom. The van der Waals surface area contributed by atoms with Gasteiger partial charge in [0.25, 0.3) is 10.0 Å². The largest absolute Gasteiger partial charge is 0.339 e. The van der Waals surface area contributed by atoms with E-state index in [0.29, 0.717) is 11.4 Å². The molecular formula is C16H18N6O5S. The molecule has 0 bridgehead atoms. The quantitative estimate of drug-likeness (QED) is 0.557. The van der Waals surface area contributed by atoms with Gasteiger partial charge in [0.1, 0.15) is 0 Å². The summed E-state index contributed by atoms with van der Waals surface area (Å²) in [6, 6.07) is 5.53. The van der Waals surface area contributed by atoms with Crippen molar-refractivity contribution >= 4 is 39.2 Å². The van der Waals surface area contributed by atoms with Crippen molar-refractivity contribution < 1.29 is 22.8 Å². The van der Waals surface area contributed by atoms with Crippen LogP contribution in [-0.2, 0) is 26.7 Å². The van der Waals surface area contributed by atoms with E-state index in [0.717, 1.165) is 4.90 Å². The molecule has 1 aliphatic heterocycles. The Labute approximate surface area is 160 Å². The fraction of sp³-hybridized carbons (Fsp3) is 0.250. The molecule has 1 aliphatic rings. The van der Waals surface area contributed by atoms with E-state index in [1.807, 2.05) is 0 Å². The van der Waals surface area contributed by atoms with Gasteiger partial charge in [-0.1, -0.05) is 0 Å². The number of carbonyl (C=O) groups excluding carboxylic acids is 3. The van der Waals surface area contributed by atoms with Crippen molar-refractivity contribution in [1.29, 1.82) is 0 Å². The van der Waals surface area contributed by atoms with Crippen molar-refractivity contribution in [3.05, 3.63) is 36.8 Å². The lowest BCUT2D eigenvalue weighted by atomic mass is 10.2.